The minimum Gasteiger partial charge on any atom is -0.733 e. The minimum atomic E-state index is -0.908. The van der Waals surface area contributed by atoms with Crippen LogP contribution in [0.25, 0.3) is 5.69 Å². The molecule has 30 heavy (non-hydrogen) atoms. The summed E-state index contributed by atoms with van der Waals surface area (Å²) in [4.78, 5) is 22.6. The van der Waals surface area contributed by atoms with E-state index in [2.05, 4.69) is 10.4 Å². The van der Waals surface area contributed by atoms with Gasteiger partial charge in [0.1, 0.15) is 0 Å². The number of para-hydroxylation sites is 2. The molecular weight excluding hydrogens is 388 g/mol. The van der Waals surface area contributed by atoms with E-state index in [9.17, 15) is 20.0 Å². The Morgan fingerprint density at radius 1 is 1.27 bits per heavy atom. The van der Waals surface area contributed by atoms with Crippen LogP contribution in [-0.4, -0.2) is 38.0 Å². The van der Waals surface area contributed by atoms with Crippen LogP contribution in [0, 0.1) is 19.1 Å². The molecule has 9 heteroatoms. The Labute approximate surface area is 174 Å². The minimum absolute atomic E-state index is 0.0236. The Balaban J connectivity index is 1.72. The molecule has 0 aliphatic heterocycles. The number of rotatable bonds is 8. The molecule has 1 aliphatic carbocycles. The van der Waals surface area contributed by atoms with Crippen molar-refractivity contribution < 1.29 is 19.9 Å². The second kappa shape index (κ2) is 9.10. The van der Waals surface area contributed by atoms with Gasteiger partial charge in [0.25, 0.3) is 0 Å². The third-order valence-electron chi connectivity index (χ3n) is 5.26. The molecular formula is C21H25N4O5-. The molecule has 3 N–H and O–H groups in total. The van der Waals surface area contributed by atoms with Crippen LogP contribution in [0.4, 0.5) is 5.69 Å². The first-order chi connectivity index (χ1) is 14.3. The lowest BCUT2D eigenvalue weighted by atomic mass is 9.96. The van der Waals surface area contributed by atoms with Gasteiger partial charge in [0.2, 0.25) is 5.91 Å². The number of nitrogens with zero attached hydrogens (tertiary/aromatic N) is 3. The fraction of sp³-hybridized carbons (Fsp3) is 0.381. The summed E-state index contributed by atoms with van der Waals surface area (Å²) in [5.41, 5.74) is 3.25. The number of nitrogens with one attached hydrogen (secondary N) is 1. The lowest BCUT2D eigenvalue weighted by Crippen LogP contribution is -2.32. The highest BCUT2D eigenvalue weighted by atomic mass is 16.8. The predicted molar refractivity (Wildman–Crippen MR) is 111 cm³/mol. The number of carboxylic acids is 1. The van der Waals surface area contributed by atoms with Crippen molar-refractivity contribution in [2.45, 2.75) is 51.5 Å². The van der Waals surface area contributed by atoms with Gasteiger partial charge in [-0.3, -0.25) is 14.8 Å². The number of amides is 1. The third-order valence-corrected chi connectivity index (χ3v) is 5.26. The summed E-state index contributed by atoms with van der Waals surface area (Å²) in [5.74, 6) is -1.02. The summed E-state index contributed by atoms with van der Waals surface area (Å²) in [6.07, 6.45) is 5.12. The Morgan fingerprint density at radius 2 is 2.00 bits per heavy atom. The Morgan fingerprint density at radius 3 is 2.70 bits per heavy atom. The van der Waals surface area contributed by atoms with Gasteiger partial charge in [-0.1, -0.05) is 24.3 Å². The van der Waals surface area contributed by atoms with Crippen LogP contribution in [0.5, 0.6) is 0 Å². The Bertz CT molecular complexity index is 966. The van der Waals surface area contributed by atoms with E-state index >= 15 is 0 Å². The number of carbonyl (C=O) groups excluding carboxylic acids is 1. The van der Waals surface area contributed by atoms with E-state index in [1.165, 1.54) is 6.07 Å². The molecule has 1 aromatic heterocycles. The summed E-state index contributed by atoms with van der Waals surface area (Å²) >= 11 is 0. The highest BCUT2D eigenvalue weighted by Crippen LogP contribution is 2.35. The molecule has 2 atom stereocenters. The van der Waals surface area contributed by atoms with Crippen molar-refractivity contribution >= 4 is 17.6 Å². The van der Waals surface area contributed by atoms with Crippen LogP contribution in [0.15, 0.2) is 36.4 Å². The number of allylic oxidation sites excluding steroid dienone is 1. The third kappa shape index (κ3) is 4.69. The molecule has 0 saturated heterocycles. The van der Waals surface area contributed by atoms with Crippen LogP contribution in [0.2, 0.25) is 0 Å². The standard InChI is InChI=1S/C21H25N4O5/c1-13-21(14(2)24(23-13)17-6-3-4-7-18(17)25(29)30)15-10-11-16(12-15)22-19(26)8-5-9-20(27)28/h3-4,6-7,10-11,15-16,29H,5,8-9,12H2,1-2H3,(H,22,26)(H,27,28)/q-1. The number of carboxylic acid groups (broad SMARTS) is 1. The Kier molecular flexibility index (Phi) is 6.53. The van der Waals surface area contributed by atoms with Crippen molar-refractivity contribution in [1.29, 1.82) is 0 Å². The zero-order chi connectivity index (χ0) is 21.8. The average Bonchev–Trinajstić information content (AvgIpc) is 3.24. The lowest BCUT2D eigenvalue weighted by Gasteiger charge is -2.24. The zero-order valence-electron chi connectivity index (χ0n) is 16.9. The van der Waals surface area contributed by atoms with Crippen LogP contribution in [0.3, 0.4) is 0 Å². The molecule has 0 radical (unpaired) electrons. The van der Waals surface area contributed by atoms with Crippen molar-refractivity contribution in [1.82, 2.24) is 15.1 Å². The molecule has 1 aliphatic rings. The van der Waals surface area contributed by atoms with E-state index in [0.29, 0.717) is 18.5 Å². The van der Waals surface area contributed by atoms with Gasteiger partial charge in [-0.15, -0.1) is 0 Å². The highest BCUT2D eigenvalue weighted by molar-refractivity contribution is 5.77. The summed E-state index contributed by atoms with van der Waals surface area (Å²) in [6, 6.07) is 6.53. The predicted octanol–water partition coefficient (Wildman–Crippen LogP) is 2.97. The number of aromatic nitrogens is 2. The smallest absolute Gasteiger partial charge is 0.303 e. The normalized spacial score (nSPS) is 17.9. The van der Waals surface area contributed by atoms with Gasteiger partial charge in [0.05, 0.1) is 17.1 Å². The fourth-order valence-electron chi connectivity index (χ4n) is 3.93. The van der Waals surface area contributed by atoms with Crippen LogP contribution in [-0.2, 0) is 9.59 Å². The van der Waals surface area contributed by atoms with Gasteiger partial charge < -0.3 is 20.9 Å². The topological polar surface area (TPSA) is 131 Å². The largest absolute Gasteiger partial charge is 0.733 e. The number of carbonyl (C=O) groups is 2. The molecule has 0 bridgehead atoms. The van der Waals surface area contributed by atoms with Gasteiger partial charge in [-0.25, -0.2) is 4.68 Å². The van der Waals surface area contributed by atoms with E-state index in [0.717, 1.165) is 17.0 Å². The summed E-state index contributed by atoms with van der Waals surface area (Å²) < 4.78 is 1.65. The number of hydrogen-bond acceptors (Lipinski definition) is 6. The molecule has 0 fully saturated rings. The van der Waals surface area contributed by atoms with Crippen LogP contribution < -0.4 is 10.5 Å². The number of benzene rings is 1. The maximum atomic E-state index is 12.0. The lowest BCUT2D eigenvalue weighted by molar-refractivity contribution is -0.137. The summed E-state index contributed by atoms with van der Waals surface area (Å²) in [5, 5.41) is 36.9. The van der Waals surface area contributed by atoms with E-state index in [1.54, 1.807) is 22.9 Å². The molecule has 9 nitrogen and oxygen atoms in total. The second-order valence-electron chi connectivity index (χ2n) is 7.41. The monoisotopic (exact) mass is 413 g/mol. The van der Waals surface area contributed by atoms with E-state index in [1.807, 2.05) is 26.0 Å². The van der Waals surface area contributed by atoms with E-state index in [4.69, 9.17) is 5.11 Å². The molecule has 1 amide bonds. The number of aryl methyl sites for hydroxylation is 1. The van der Waals surface area contributed by atoms with Gasteiger partial charge in [0.15, 0.2) is 0 Å². The number of aliphatic carboxylic acids is 1. The molecule has 1 heterocycles. The molecule has 2 unspecified atom stereocenters. The number of anilines is 1. The van der Waals surface area contributed by atoms with E-state index in [-0.39, 0.29) is 41.6 Å². The molecule has 2 aromatic rings. The molecule has 3 rings (SSSR count). The molecule has 0 spiro atoms. The first-order valence-corrected chi connectivity index (χ1v) is 9.79. The van der Waals surface area contributed by atoms with Crippen molar-refractivity contribution in [3.63, 3.8) is 0 Å². The van der Waals surface area contributed by atoms with Gasteiger partial charge in [-0.05, 0) is 38.8 Å². The molecule has 1 aromatic carbocycles. The van der Waals surface area contributed by atoms with Crippen LogP contribution in [0.1, 0.15) is 48.6 Å². The average molecular weight is 413 g/mol. The molecule has 160 valence electrons. The summed E-state index contributed by atoms with van der Waals surface area (Å²) in [7, 11) is 0. The second-order valence-corrected chi connectivity index (χ2v) is 7.41. The zero-order valence-corrected chi connectivity index (χ0v) is 16.9. The van der Waals surface area contributed by atoms with Gasteiger partial charge >= 0.3 is 5.97 Å². The first-order valence-electron chi connectivity index (χ1n) is 9.79. The quantitative estimate of drug-likeness (QED) is 0.448. The van der Waals surface area contributed by atoms with Crippen molar-refractivity contribution in [3.05, 3.63) is 58.6 Å². The van der Waals surface area contributed by atoms with Crippen molar-refractivity contribution in [2.24, 2.45) is 0 Å². The maximum Gasteiger partial charge on any atom is 0.303 e. The highest BCUT2D eigenvalue weighted by Gasteiger charge is 2.27. The van der Waals surface area contributed by atoms with Crippen LogP contribution >= 0.6 is 0 Å². The van der Waals surface area contributed by atoms with E-state index < -0.39 is 5.97 Å². The first kappa shape index (κ1) is 21.5. The van der Waals surface area contributed by atoms with Gasteiger partial charge in [0, 0.05) is 36.1 Å². The number of hydrogen-bond donors (Lipinski definition) is 3. The Hall–Kier alpha value is -3.17. The van der Waals surface area contributed by atoms with Crippen molar-refractivity contribution in [3.8, 4) is 5.69 Å². The maximum absolute atomic E-state index is 12.0. The van der Waals surface area contributed by atoms with Gasteiger partial charge in [-0.2, -0.15) is 5.10 Å². The molecule has 0 saturated carbocycles. The fourth-order valence-corrected chi connectivity index (χ4v) is 3.93. The summed E-state index contributed by atoms with van der Waals surface area (Å²) in [6.45, 7) is 3.80. The van der Waals surface area contributed by atoms with Crippen molar-refractivity contribution in [2.75, 3.05) is 5.23 Å². The SMILES string of the molecule is Cc1nn(-c2ccccc2N([O-])O)c(C)c1C1C=CC(NC(=O)CCCC(=O)O)C1.